The predicted octanol–water partition coefficient (Wildman–Crippen LogP) is 3.25. The summed E-state index contributed by atoms with van der Waals surface area (Å²) in [6.07, 6.45) is -10.2. The van der Waals surface area contributed by atoms with E-state index in [4.69, 9.17) is 41.8 Å². The van der Waals surface area contributed by atoms with Crippen LogP contribution in [0.25, 0.3) is 11.1 Å². The van der Waals surface area contributed by atoms with Gasteiger partial charge in [0.05, 0.1) is 10.8 Å². The zero-order chi connectivity index (χ0) is 36.6. The van der Waals surface area contributed by atoms with Crippen LogP contribution in [0.4, 0.5) is 26.3 Å². The molecule has 12 nitrogen and oxygen atoms in total. The number of sulfonamides is 1. The van der Waals surface area contributed by atoms with Crippen LogP contribution in [-0.4, -0.2) is 72.7 Å². The number of alkyl halides is 6. The first-order chi connectivity index (χ1) is 22.0. The van der Waals surface area contributed by atoms with Crippen molar-refractivity contribution in [2.24, 2.45) is 22.5 Å². The number of nitrogens with one attached hydrogen (secondary N) is 1. The summed E-state index contributed by atoms with van der Waals surface area (Å²) in [5, 5.41) is 27.3. The van der Waals surface area contributed by atoms with Crippen molar-refractivity contribution in [3.63, 3.8) is 0 Å². The number of benzene rings is 3. The van der Waals surface area contributed by atoms with Gasteiger partial charge in [0.25, 0.3) is 0 Å². The molecule has 1 fully saturated rings. The van der Waals surface area contributed by atoms with Gasteiger partial charge in [0, 0.05) is 36.7 Å². The lowest BCUT2D eigenvalue weighted by Crippen LogP contribution is -2.29. The summed E-state index contributed by atoms with van der Waals surface area (Å²) in [5.74, 6) is -6.31. The molecule has 1 saturated heterocycles. The van der Waals surface area contributed by atoms with E-state index >= 15 is 0 Å². The van der Waals surface area contributed by atoms with Gasteiger partial charge in [-0.3, -0.25) is 15.1 Å². The number of hydrogen-bond acceptors (Lipinski definition) is 7. The van der Waals surface area contributed by atoms with Crippen molar-refractivity contribution >= 4 is 33.7 Å². The van der Waals surface area contributed by atoms with Crippen LogP contribution in [0.5, 0.6) is 0 Å². The highest BCUT2D eigenvalue weighted by atomic mass is 32.2. The van der Waals surface area contributed by atoms with E-state index in [1.165, 1.54) is 6.07 Å². The Morgan fingerprint density at radius 3 is 1.81 bits per heavy atom. The first-order valence-electron chi connectivity index (χ1n) is 13.3. The molecule has 2 atom stereocenters. The molecular formula is C29H29F6N5O7S. The van der Waals surface area contributed by atoms with Gasteiger partial charge in [0.15, 0.2) is 0 Å². The van der Waals surface area contributed by atoms with E-state index in [0.29, 0.717) is 30.8 Å². The number of aliphatic carboxylic acids is 2. The number of primary sulfonamides is 1. The molecule has 9 N–H and O–H groups in total. The van der Waals surface area contributed by atoms with Crippen LogP contribution in [0.3, 0.4) is 0 Å². The summed E-state index contributed by atoms with van der Waals surface area (Å²) in [7, 11) is -3.84. The fraction of sp³-hybridized carbons (Fsp3) is 0.241. The fourth-order valence-corrected chi connectivity index (χ4v) is 5.34. The van der Waals surface area contributed by atoms with Crippen molar-refractivity contribution in [1.29, 1.82) is 5.41 Å². The molecule has 1 aliphatic rings. The van der Waals surface area contributed by atoms with Crippen molar-refractivity contribution in [2.75, 3.05) is 13.1 Å². The Kier molecular flexibility index (Phi) is 12.8. The molecule has 1 aliphatic heterocycles. The smallest absolute Gasteiger partial charge is 0.475 e. The fourth-order valence-electron chi connectivity index (χ4n) is 4.58. The van der Waals surface area contributed by atoms with Crippen molar-refractivity contribution < 1.29 is 59.4 Å². The second-order valence-electron chi connectivity index (χ2n) is 10.2. The van der Waals surface area contributed by atoms with Crippen molar-refractivity contribution in [3.8, 4) is 11.1 Å². The van der Waals surface area contributed by atoms with Crippen molar-refractivity contribution in [2.45, 2.75) is 29.7 Å². The van der Waals surface area contributed by atoms with Gasteiger partial charge < -0.3 is 21.7 Å². The number of nitrogen functional groups attached to an aromatic ring is 1. The van der Waals surface area contributed by atoms with Gasteiger partial charge in [0.2, 0.25) is 15.9 Å². The minimum Gasteiger partial charge on any atom is -0.475 e. The number of halogens is 6. The van der Waals surface area contributed by atoms with E-state index in [1.807, 2.05) is 42.5 Å². The van der Waals surface area contributed by atoms with Crippen LogP contribution < -0.4 is 16.6 Å². The Morgan fingerprint density at radius 1 is 0.833 bits per heavy atom. The summed E-state index contributed by atoms with van der Waals surface area (Å²) >= 11 is 0. The largest absolute Gasteiger partial charge is 0.490 e. The summed E-state index contributed by atoms with van der Waals surface area (Å²) in [6.45, 7) is 1.79. The Labute approximate surface area is 269 Å². The number of hydrogen-bond donors (Lipinski definition) is 6. The highest BCUT2D eigenvalue weighted by Gasteiger charge is 2.39. The molecule has 0 bridgehead atoms. The number of carboxylic acid groups (broad SMARTS) is 2. The summed E-state index contributed by atoms with van der Waals surface area (Å²) in [6, 6.07) is 21.7. The molecule has 4 rings (SSSR count). The Morgan fingerprint density at radius 2 is 1.35 bits per heavy atom. The zero-order valence-electron chi connectivity index (χ0n) is 24.5. The summed E-state index contributed by atoms with van der Waals surface area (Å²) < 4.78 is 87.3. The molecule has 0 radical (unpaired) electrons. The van der Waals surface area contributed by atoms with Gasteiger partial charge in [-0.2, -0.15) is 26.3 Å². The monoisotopic (exact) mass is 705 g/mol. The molecule has 19 heteroatoms. The minimum absolute atomic E-state index is 0.0172. The number of nitrogens with two attached hydrogens (primary N) is 3. The molecule has 0 spiro atoms. The quantitative estimate of drug-likeness (QED) is 0.120. The number of primary amides is 1. The molecule has 0 aliphatic carbocycles. The summed E-state index contributed by atoms with van der Waals surface area (Å²) in [4.78, 5) is 32.2. The van der Waals surface area contributed by atoms with Crippen molar-refractivity contribution in [1.82, 2.24) is 4.90 Å². The average Bonchev–Trinajstić information content (AvgIpc) is 3.41. The second kappa shape index (κ2) is 15.7. The normalized spacial score (nSPS) is 16.5. The molecule has 3 aromatic carbocycles. The van der Waals surface area contributed by atoms with Crippen LogP contribution in [-0.2, 0) is 31.0 Å². The Balaban J connectivity index is 0.000000479. The molecular weight excluding hydrogens is 676 g/mol. The van der Waals surface area contributed by atoms with Gasteiger partial charge in [-0.15, -0.1) is 0 Å². The average molecular weight is 706 g/mol. The topological polar surface area (TPSA) is 231 Å². The first-order valence-corrected chi connectivity index (χ1v) is 14.8. The standard InChI is InChI=1S/C25H27N5O3S.2C2HF3O2/c26-24(27)19-5-3-4-18(12-19)21-14-30(15-22(21)25(28)31)13-16-8-10-17(11-9-16)20-6-1-2-7-23(20)34(29,32)33;2*3-2(4,5)1(6)7/h1-12,21-22H,13-15H2,(H3,26,27)(H2,28,31)(H2,29,32,33);2*(H,6,7)/t21-,22+;;/m0../s1. The molecule has 1 amide bonds. The second-order valence-corrected chi connectivity index (χ2v) is 11.7. The summed E-state index contributed by atoms with van der Waals surface area (Å²) in [5.41, 5.74) is 15.2. The third-order valence-corrected chi connectivity index (χ3v) is 7.71. The third kappa shape index (κ3) is 11.4. The molecule has 260 valence electrons. The number of amides is 1. The van der Waals surface area contributed by atoms with Gasteiger partial charge in [-0.05, 0) is 28.8 Å². The van der Waals surface area contributed by atoms with E-state index in [0.717, 1.165) is 16.7 Å². The maximum absolute atomic E-state index is 12.2. The molecule has 0 saturated carbocycles. The lowest BCUT2D eigenvalue weighted by atomic mass is 9.87. The molecule has 0 unspecified atom stereocenters. The number of likely N-dealkylation sites (tertiary alicyclic amines) is 1. The van der Waals surface area contributed by atoms with Crippen LogP contribution in [0, 0.1) is 11.3 Å². The van der Waals surface area contributed by atoms with Crippen LogP contribution >= 0.6 is 0 Å². The van der Waals surface area contributed by atoms with E-state index in [-0.39, 0.29) is 28.5 Å². The van der Waals surface area contributed by atoms with E-state index in [2.05, 4.69) is 4.90 Å². The molecule has 0 aromatic heterocycles. The van der Waals surface area contributed by atoms with E-state index in [9.17, 15) is 39.6 Å². The predicted molar refractivity (Wildman–Crippen MR) is 159 cm³/mol. The van der Waals surface area contributed by atoms with Gasteiger partial charge in [0.1, 0.15) is 5.84 Å². The number of nitrogens with zero attached hydrogens (tertiary/aromatic N) is 1. The van der Waals surface area contributed by atoms with Gasteiger partial charge in [-0.25, -0.2) is 23.1 Å². The van der Waals surface area contributed by atoms with Crippen LogP contribution in [0.2, 0.25) is 0 Å². The number of amidine groups is 1. The zero-order valence-corrected chi connectivity index (χ0v) is 25.3. The van der Waals surface area contributed by atoms with Gasteiger partial charge in [-0.1, -0.05) is 60.7 Å². The molecule has 3 aromatic rings. The lowest BCUT2D eigenvalue weighted by Gasteiger charge is -2.17. The van der Waals surface area contributed by atoms with E-state index in [1.54, 1.807) is 24.3 Å². The first kappa shape index (κ1) is 39.2. The maximum atomic E-state index is 12.2. The third-order valence-electron chi connectivity index (χ3n) is 6.74. The highest BCUT2D eigenvalue weighted by Crippen LogP contribution is 2.34. The minimum atomic E-state index is -5.08. The van der Waals surface area contributed by atoms with Crippen LogP contribution in [0.1, 0.15) is 22.6 Å². The maximum Gasteiger partial charge on any atom is 0.490 e. The number of carbonyl (C=O) groups excluding carboxylic acids is 1. The number of carboxylic acids is 2. The molecule has 48 heavy (non-hydrogen) atoms. The molecule has 1 heterocycles. The Hall–Kier alpha value is -5.01. The lowest BCUT2D eigenvalue weighted by molar-refractivity contribution is -0.193. The van der Waals surface area contributed by atoms with Gasteiger partial charge >= 0.3 is 24.3 Å². The Bertz CT molecular complexity index is 1730. The van der Waals surface area contributed by atoms with E-state index < -0.39 is 34.3 Å². The SMILES string of the molecule is N=C(N)c1cccc([C@@H]2CN(Cc3ccc(-c4ccccc4S(N)(=O)=O)cc3)C[C@H]2C(N)=O)c1.O=C(O)C(F)(F)F.O=C(O)C(F)(F)F. The van der Waals surface area contributed by atoms with Crippen LogP contribution in [0.15, 0.2) is 77.7 Å². The number of rotatable bonds is 7. The van der Waals surface area contributed by atoms with Crippen molar-refractivity contribution in [3.05, 3.63) is 89.5 Å². The highest BCUT2D eigenvalue weighted by molar-refractivity contribution is 7.89. The number of carbonyl (C=O) groups is 3.